The average Bonchev–Trinajstić information content (AvgIpc) is 2.41. The van der Waals surface area contributed by atoms with Crippen LogP contribution in [-0.4, -0.2) is 4.99 Å². The zero-order valence-electron chi connectivity index (χ0n) is 10.2. The molecule has 0 unspecified atom stereocenters. The molecule has 0 heterocycles. The number of hydrogen-bond acceptors (Lipinski definition) is 2. The second kappa shape index (κ2) is 5.92. The Kier molecular flexibility index (Phi) is 4.24. The maximum absolute atomic E-state index is 14.0. The molecule has 0 bridgehead atoms. The number of ether oxygens (including phenoxy) is 1. The van der Waals surface area contributed by atoms with Gasteiger partial charge in [0, 0.05) is 17.2 Å². The first-order valence-electron chi connectivity index (χ1n) is 5.64. The van der Waals surface area contributed by atoms with E-state index in [1.165, 1.54) is 18.2 Å². The van der Waals surface area contributed by atoms with E-state index in [0.29, 0.717) is 0 Å². The van der Waals surface area contributed by atoms with Crippen LogP contribution in [-0.2, 0) is 6.61 Å². The molecule has 2 aromatic rings. The number of halogens is 3. The highest BCUT2D eigenvalue weighted by Gasteiger charge is 2.11. The molecule has 0 aliphatic carbocycles. The van der Waals surface area contributed by atoms with Gasteiger partial charge in [-0.2, -0.15) is 0 Å². The Bertz CT molecular complexity index is 661. The Morgan fingerprint density at radius 2 is 1.85 bits per heavy atom. The van der Waals surface area contributed by atoms with Gasteiger partial charge in [-0.15, -0.1) is 0 Å². The standard InChI is InChI=1S/C14H10F3NOS/c15-11-5-4-9(6-12(11)16)19-7-8-2-1-3-10(13(8)17)14(18)20/h1-6H,7H2,(H2,18,20). The fraction of sp³-hybridized carbons (Fsp3) is 0.0714. The lowest BCUT2D eigenvalue weighted by Crippen LogP contribution is -2.13. The minimum Gasteiger partial charge on any atom is -0.489 e. The van der Waals surface area contributed by atoms with Crippen LogP contribution in [0.2, 0.25) is 0 Å². The summed E-state index contributed by atoms with van der Waals surface area (Å²) in [5.74, 6) is -2.48. The van der Waals surface area contributed by atoms with Crippen molar-refractivity contribution in [1.82, 2.24) is 0 Å². The van der Waals surface area contributed by atoms with Crippen molar-refractivity contribution in [3.8, 4) is 5.75 Å². The molecule has 0 saturated carbocycles. The van der Waals surface area contributed by atoms with E-state index < -0.39 is 17.5 Å². The third-order valence-electron chi connectivity index (χ3n) is 2.63. The summed E-state index contributed by atoms with van der Waals surface area (Å²) in [5, 5.41) is 0. The van der Waals surface area contributed by atoms with Gasteiger partial charge in [-0.1, -0.05) is 24.4 Å². The van der Waals surface area contributed by atoms with Gasteiger partial charge in [0.1, 0.15) is 23.2 Å². The van der Waals surface area contributed by atoms with E-state index in [1.54, 1.807) is 6.07 Å². The molecule has 0 atom stereocenters. The molecule has 0 radical (unpaired) electrons. The lowest BCUT2D eigenvalue weighted by Gasteiger charge is -2.09. The van der Waals surface area contributed by atoms with Crippen LogP contribution in [0.4, 0.5) is 13.2 Å². The molecule has 0 amide bonds. The molecule has 0 aliphatic heterocycles. The molecule has 0 fully saturated rings. The third kappa shape index (κ3) is 3.08. The van der Waals surface area contributed by atoms with Crippen molar-refractivity contribution in [3.05, 3.63) is 65.0 Å². The van der Waals surface area contributed by atoms with Crippen molar-refractivity contribution >= 4 is 17.2 Å². The molecular weight excluding hydrogens is 287 g/mol. The second-order valence-electron chi connectivity index (χ2n) is 4.01. The summed E-state index contributed by atoms with van der Waals surface area (Å²) in [7, 11) is 0. The second-order valence-corrected chi connectivity index (χ2v) is 4.45. The van der Waals surface area contributed by atoms with Gasteiger partial charge in [-0.3, -0.25) is 0 Å². The van der Waals surface area contributed by atoms with E-state index in [1.807, 2.05) is 0 Å². The van der Waals surface area contributed by atoms with Gasteiger partial charge in [0.2, 0.25) is 0 Å². The Hall–Kier alpha value is -2.08. The predicted molar refractivity (Wildman–Crippen MR) is 73.0 cm³/mol. The number of rotatable bonds is 4. The summed E-state index contributed by atoms with van der Waals surface area (Å²) in [6.07, 6.45) is 0. The van der Waals surface area contributed by atoms with Gasteiger partial charge in [0.25, 0.3) is 0 Å². The Morgan fingerprint density at radius 3 is 2.50 bits per heavy atom. The first-order valence-corrected chi connectivity index (χ1v) is 6.05. The van der Waals surface area contributed by atoms with Crippen LogP contribution in [0.25, 0.3) is 0 Å². The van der Waals surface area contributed by atoms with E-state index in [-0.39, 0.29) is 28.5 Å². The first kappa shape index (κ1) is 14.3. The number of nitrogens with two attached hydrogens (primary N) is 1. The van der Waals surface area contributed by atoms with Gasteiger partial charge in [-0.05, 0) is 18.2 Å². The highest BCUT2D eigenvalue weighted by Crippen LogP contribution is 2.19. The van der Waals surface area contributed by atoms with Crippen molar-refractivity contribution in [1.29, 1.82) is 0 Å². The summed E-state index contributed by atoms with van der Waals surface area (Å²) < 4.78 is 44.9. The summed E-state index contributed by atoms with van der Waals surface area (Å²) in [4.78, 5) is -0.0582. The molecule has 2 nitrogen and oxygen atoms in total. The maximum atomic E-state index is 14.0. The Morgan fingerprint density at radius 1 is 1.10 bits per heavy atom. The largest absolute Gasteiger partial charge is 0.489 e. The van der Waals surface area contributed by atoms with E-state index in [4.69, 9.17) is 22.7 Å². The van der Waals surface area contributed by atoms with Gasteiger partial charge in [0.05, 0.1) is 0 Å². The topological polar surface area (TPSA) is 35.2 Å². The van der Waals surface area contributed by atoms with Crippen LogP contribution in [0.1, 0.15) is 11.1 Å². The van der Waals surface area contributed by atoms with Crippen LogP contribution >= 0.6 is 12.2 Å². The maximum Gasteiger partial charge on any atom is 0.162 e. The summed E-state index contributed by atoms with van der Waals surface area (Å²) in [6.45, 7) is -0.145. The van der Waals surface area contributed by atoms with E-state index in [9.17, 15) is 13.2 Å². The lowest BCUT2D eigenvalue weighted by molar-refractivity contribution is 0.297. The van der Waals surface area contributed by atoms with Crippen molar-refractivity contribution in [2.75, 3.05) is 0 Å². The zero-order valence-corrected chi connectivity index (χ0v) is 11.0. The molecule has 20 heavy (non-hydrogen) atoms. The molecule has 0 aliphatic rings. The lowest BCUT2D eigenvalue weighted by atomic mass is 10.1. The first-order chi connectivity index (χ1) is 9.49. The molecular formula is C14H10F3NOS. The fourth-order valence-electron chi connectivity index (χ4n) is 1.61. The summed E-state index contributed by atoms with van der Waals surface area (Å²) >= 11 is 4.72. The van der Waals surface area contributed by atoms with Crippen molar-refractivity contribution < 1.29 is 17.9 Å². The normalized spacial score (nSPS) is 10.3. The van der Waals surface area contributed by atoms with E-state index in [0.717, 1.165) is 12.1 Å². The molecule has 2 rings (SSSR count). The number of thiocarbonyl (C=S) groups is 1. The third-order valence-corrected chi connectivity index (χ3v) is 2.85. The molecule has 0 aromatic heterocycles. The fourth-order valence-corrected chi connectivity index (χ4v) is 1.77. The van der Waals surface area contributed by atoms with Crippen molar-refractivity contribution in [2.24, 2.45) is 5.73 Å². The molecule has 0 saturated heterocycles. The van der Waals surface area contributed by atoms with Gasteiger partial charge >= 0.3 is 0 Å². The summed E-state index contributed by atoms with van der Waals surface area (Å²) in [5.41, 5.74) is 5.73. The highest BCUT2D eigenvalue weighted by molar-refractivity contribution is 7.80. The quantitative estimate of drug-likeness (QED) is 0.879. The number of benzene rings is 2. The van der Waals surface area contributed by atoms with Crippen molar-refractivity contribution in [3.63, 3.8) is 0 Å². The molecule has 6 heteroatoms. The highest BCUT2D eigenvalue weighted by atomic mass is 32.1. The van der Waals surface area contributed by atoms with Crippen LogP contribution in [0.15, 0.2) is 36.4 Å². The van der Waals surface area contributed by atoms with Gasteiger partial charge < -0.3 is 10.5 Å². The van der Waals surface area contributed by atoms with E-state index >= 15 is 0 Å². The monoisotopic (exact) mass is 297 g/mol. The Labute approximate surface area is 119 Å². The molecule has 2 aromatic carbocycles. The van der Waals surface area contributed by atoms with Crippen LogP contribution < -0.4 is 10.5 Å². The smallest absolute Gasteiger partial charge is 0.162 e. The van der Waals surface area contributed by atoms with Crippen LogP contribution in [0.3, 0.4) is 0 Å². The predicted octanol–water partition coefficient (Wildman–Crippen LogP) is 3.32. The minimum absolute atomic E-state index is 0.0582. The minimum atomic E-state index is -1.03. The zero-order chi connectivity index (χ0) is 14.7. The summed E-state index contributed by atoms with van der Waals surface area (Å²) in [6, 6.07) is 7.63. The molecule has 0 spiro atoms. The van der Waals surface area contributed by atoms with Gasteiger partial charge in [-0.25, -0.2) is 13.2 Å². The SMILES string of the molecule is NC(=S)c1cccc(COc2ccc(F)c(F)c2)c1F. The number of hydrogen-bond donors (Lipinski definition) is 1. The van der Waals surface area contributed by atoms with Crippen molar-refractivity contribution in [2.45, 2.75) is 6.61 Å². The average molecular weight is 297 g/mol. The molecule has 104 valence electrons. The van der Waals surface area contributed by atoms with E-state index in [2.05, 4.69) is 0 Å². The Balaban J connectivity index is 2.17. The molecule has 2 N–H and O–H groups in total. The van der Waals surface area contributed by atoms with Crippen LogP contribution in [0.5, 0.6) is 5.75 Å². The van der Waals surface area contributed by atoms with Gasteiger partial charge in [0.15, 0.2) is 11.6 Å². The van der Waals surface area contributed by atoms with Crippen LogP contribution in [0, 0.1) is 17.5 Å².